The Bertz CT molecular complexity index is 574. The van der Waals surface area contributed by atoms with E-state index in [2.05, 4.69) is 4.98 Å². The van der Waals surface area contributed by atoms with Gasteiger partial charge in [0.15, 0.2) is 0 Å². The molecule has 0 bridgehead atoms. The van der Waals surface area contributed by atoms with Gasteiger partial charge in [0, 0.05) is 37.8 Å². The SMILES string of the molecule is COCC(O)CN(C)c1ncc(CO)c2ccccc12. The third-order valence-electron chi connectivity index (χ3n) is 3.23. The third kappa shape index (κ3) is 3.07. The van der Waals surface area contributed by atoms with Crippen molar-refractivity contribution in [3.63, 3.8) is 0 Å². The van der Waals surface area contributed by atoms with Crippen LogP contribution in [0.3, 0.4) is 0 Å². The summed E-state index contributed by atoms with van der Waals surface area (Å²) in [6, 6.07) is 7.81. The molecule has 1 heterocycles. The summed E-state index contributed by atoms with van der Waals surface area (Å²) >= 11 is 0. The molecular weight excluding hydrogens is 256 g/mol. The summed E-state index contributed by atoms with van der Waals surface area (Å²) in [5.74, 6) is 0.785. The maximum Gasteiger partial charge on any atom is 0.136 e. The normalized spacial score (nSPS) is 12.6. The van der Waals surface area contributed by atoms with Crippen LogP contribution < -0.4 is 4.90 Å². The van der Waals surface area contributed by atoms with Gasteiger partial charge in [-0.3, -0.25) is 0 Å². The number of ether oxygens (including phenoxy) is 1. The second-order valence-electron chi connectivity index (χ2n) is 4.80. The van der Waals surface area contributed by atoms with Gasteiger partial charge < -0.3 is 19.8 Å². The van der Waals surface area contributed by atoms with Crippen LogP contribution in [0.25, 0.3) is 10.8 Å². The van der Waals surface area contributed by atoms with Gasteiger partial charge in [-0.05, 0) is 5.39 Å². The molecule has 2 rings (SSSR count). The van der Waals surface area contributed by atoms with Gasteiger partial charge in [-0.25, -0.2) is 4.98 Å². The van der Waals surface area contributed by atoms with E-state index in [4.69, 9.17) is 4.74 Å². The Morgan fingerprint density at radius 3 is 2.65 bits per heavy atom. The zero-order valence-corrected chi connectivity index (χ0v) is 11.8. The Kier molecular flexibility index (Phi) is 4.89. The number of aliphatic hydroxyl groups excluding tert-OH is 2. The van der Waals surface area contributed by atoms with E-state index in [1.807, 2.05) is 36.2 Å². The molecule has 2 aromatic rings. The van der Waals surface area contributed by atoms with Gasteiger partial charge in [-0.1, -0.05) is 24.3 Å². The zero-order valence-electron chi connectivity index (χ0n) is 11.8. The Morgan fingerprint density at radius 2 is 2.00 bits per heavy atom. The van der Waals surface area contributed by atoms with E-state index in [0.29, 0.717) is 6.54 Å². The highest BCUT2D eigenvalue weighted by Gasteiger charge is 2.13. The van der Waals surface area contributed by atoms with Crippen molar-refractivity contribution >= 4 is 16.6 Å². The number of aromatic nitrogens is 1. The molecule has 0 spiro atoms. The fraction of sp³-hybridized carbons (Fsp3) is 0.400. The molecular formula is C15H20N2O3. The van der Waals surface area contributed by atoms with E-state index in [-0.39, 0.29) is 13.2 Å². The summed E-state index contributed by atoms with van der Waals surface area (Å²) in [7, 11) is 3.44. The molecule has 108 valence electrons. The predicted molar refractivity (Wildman–Crippen MR) is 78.8 cm³/mol. The summed E-state index contributed by atoms with van der Waals surface area (Å²) in [5.41, 5.74) is 0.801. The predicted octanol–water partition coefficient (Wildman–Crippen LogP) is 1.17. The second-order valence-corrected chi connectivity index (χ2v) is 4.80. The van der Waals surface area contributed by atoms with Crippen molar-refractivity contribution in [2.75, 3.05) is 32.2 Å². The Labute approximate surface area is 118 Å². The summed E-state index contributed by atoms with van der Waals surface area (Å²) in [5, 5.41) is 21.1. The highest BCUT2D eigenvalue weighted by Crippen LogP contribution is 2.26. The molecule has 20 heavy (non-hydrogen) atoms. The van der Waals surface area contributed by atoms with Crippen LogP contribution >= 0.6 is 0 Å². The Morgan fingerprint density at radius 1 is 1.30 bits per heavy atom. The van der Waals surface area contributed by atoms with Crippen molar-refractivity contribution in [1.82, 2.24) is 4.98 Å². The van der Waals surface area contributed by atoms with Gasteiger partial charge in [-0.15, -0.1) is 0 Å². The third-order valence-corrected chi connectivity index (χ3v) is 3.23. The molecule has 2 N–H and O–H groups in total. The van der Waals surface area contributed by atoms with Crippen LogP contribution in [0, 0.1) is 0 Å². The minimum absolute atomic E-state index is 0.0379. The van der Waals surface area contributed by atoms with E-state index >= 15 is 0 Å². The first-order valence-corrected chi connectivity index (χ1v) is 6.53. The Hall–Kier alpha value is -1.69. The molecule has 0 aliphatic rings. The Balaban J connectivity index is 2.35. The summed E-state index contributed by atoms with van der Waals surface area (Å²) in [4.78, 5) is 6.30. The second kappa shape index (κ2) is 6.65. The first-order chi connectivity index (χ1) is 9.67. The van der Waals surface area contributed by atoms with Gasteiger partial charge in [0.05, 0.1) is 19.3 Å². The van der Waals surface area contributed by atoms with Crippen LogP contribution in [0.4, 0.5) is 5.82 Å². The molecule has 0 saturated heterocycles. The van der Waals surface area contributed by atoms with E-state index in [0.717, 1.165) is 22.2 Å². The maximum atomic E-state index is 9.82. The molecule has 1 atom stereocenters. The highest BCUT2D eigenvalue weighted by atomic mass is 16.5. The topological polar surface area (TPSA) is 65.8 Å². The van der Waals surface area contributed by atoms with Gasteiger partial charge in [0.1, 0.15) is 5.82 Å². The van der Waals surface area contributed by atoms with Crippen LogP contribution in [0.5, 0.6) is 0 Å². The molecule has 1 unspecified atom stereocenters. The number of hydrogen-bond acceptors (Lipinski definition) is 5. The lowest BCUT2D eigenvalue weighted by Crippen LogP contribution is -2.32. The molecule has 5 nitrogen and oxygen atoms in total. The smallest absolute Gasteiger partial charge is 0.136 e. The van der Waals surface area contributed by atoms with E-state index in [9.17, 15) is 10.2 Å². The molecule has 0 saturated carbocycles. The lowest BCUT2D eigenvalue weighted by molar-refractivity contribution is 0.0694. The quantitative estimate of drug-likeness (QED) is 0.829. The average molecular weight is 276 g/mol. The average Bonchev–Trinajstić information content (AvgIpc) is 2.46. The number of hydrogen-bond donors (Lipinski definition) is 2. The molecule has 0 radical (unpaired) electrons. The molecule has 0 amide bonds. The molecule has 1 aromatic heterocycles. The van der Waals surface area contributed by atoms with Crippen LogP contribution in [0.1, 0.15) is 5.56 Å². The number of nitrogens with zero attached hydrogens (tertiary/aromatic N) is 2. The largest absolute Gasteiger partial charge is 0.392 e. The molecule has 0 fully saturated rings. The van der Waals surface area contributed by atoms with Crippen molar-refractivity contribution in [2.24, 2.45) is 0 Å². The number of anilines is 1. The van der Waals surface area contributed by atoms with Crippen LogP contribution in [-0.2, 0) is 11.3 Å². The summed E-state index contributed by atoms with van der Waals surface area (Å²) in [6.07, 6.45) is 1.11. The standard InChI is InChI=1S/C15H20N2O3/c1-17(8-12(19)10-20-2)15-14-6-4-3-5-13(14)11(9-18)7-16-15/h3-7,12,18-19H,8-10H2,1-2H3. The fourth-order valence-electron chi connectivity index (χ4n) is 2.31. The minimum Gasteiger partial charge on any atom is -0.392 e. The lowest BCUT2D eigenvalue weighted by atomic mass is 10.1. The fourth-order valence-corrected chi connectivity index (χ4v) is 2.31. The van der Waals surface area contributed by atoms with Crippen LogP contribution in [0.2, 0.25) is 0 Å². The van der Waals surface area contributed by atoms with Crippen LogP contribution in [-0.4, -0.2) is 48.6 Å². The van der Waals surface area contributed by atoms with Crippen molar-refractivity contribution in [1.29, 1.82) is 0 Å². The van der Waals surface area contributed by atoms with E-state index in [1.165, 1.54) is 0 Å². The van der Waals surface area contributed by atoms with Crippen LogP contribution in [0.15, 0.2) is 30.5 Å². The van der Waals surface area contributed by atoms with Gasteiger partial charge >= 0.3 is 0 Å². The van der Waals surface area contributed by atoms with E-state index < -0.39 is 6.10 Å². The van der Waals surface area contributed by atoms with E-state index in [1.54, 1.807) is 13.3 Å². The van der Waals surface area contributed by atoms with Crippen molar-refractivity contribution in [3.05, 3.63) is 36.0 Å². The first-order valence-electron chi connectivity index (χ1n) is 6.53. The van der Waals surface area contributed by atoms with Gasteiger partial charge in [-0.2, -0.15) is 0 Å². The van der Waals surface area contributed by atoms with Crippen molar-refractivity contribution in [3.8, 4) is 0 Å². The summed E-state index contributed by atoms with van der Waals surface area (Å²) in [6.45, 7) is 0.685. The van der Waals surface area contributed by atoms with Crippen molar-refractivity contribution in [2.45, 2.75) is 12.7 Å². The van der Waals surface area contributed by atoms with Gasteiger partial charge in [0.25, 0.3) is 0 Å². The number of aliphatic hydroxyl groups is 2. The lowest BCUT2D eigenvalue weighted by Gasteiger charge is -2.23. The van der Waals surface area contributed by atoms with Gasteiger partial charge in [0.2, 0.25) is 0 Å². The highest BCUT2D eigenvalue weighted by molar-refractivity contribution is 5.94. The molecule has 0 aliphatic heterocycles. The monoisotopic (exact) mass is 276 g/mol. The molecule has 1 aromatic carbocycles. The zero-order chi connectivity index (χ0) is 14.5. The molecule has 0 aliphatic carbocycles. The maximum absolute atomic E-state index is 9.82. The first kappa shape index (κ1) is 14.7. The number of likely N-dealkylation sites (N-methyl/N-ethyl adjacent to an activating group) is 1. The summed E-state index contributed by atoms with van der Waals surface area (Å²) < 4.78 is 4.93. The number of pyridine rings is 1. The molecule has 5 heteroatoms. The van der Waals surface area contributed by atoms with Crippen molar-refractivity contribution < 1.29 is 14.9 Å². The number of fused-ring (bicyclic) bond motifs is 1. The number of benzene rings is 1. The minimum atomic E-state index is -0.567. The number of rotatable bonds is 6. The number of methoxy groups -OCH3 is 1.